The van der Waals surface area contributed by atoms with Crippen molar-refractivity contribution in [1.82, 2.24) is 10.0 Å². The number of thioether (sulfide) groups is 1. The van der Waals surface area contributed by atoms with Gasteiger partial charge in [-0.2, -0.15) is 11.8 Å². The van der Waals surface area contributed by atoms with Gasteiger partial charge in [-0.3, -0.25) is 0 Å². The van der Waals surface area contributed by atoms with Gasteiger partial charge < -0.3 is 5.32 Å². The Kier molecular flexibility index (Phi) is 7.45. The van der Waals surface area contributed by atoms with Crippen molar-refractivity contribution in [3.8, 4) is 0 Å². The third-order valence-corrected chi connectivity index (χ3v) is 4.86. The summed E-state index contributed by atoms with van der Waals surface area (Å²) in [6, 6.07) is 6.96. The fraction of sp³-hybridized carbons (Fsp3) is 0.538. The van der Waals surface area contributed by atoms with E-state index in [0.29, 0.717) is 11.4 Å². The Morgan fingerprint density at radius 3 is 2.42 bits per heavy atom. The molecule has 0 unspecified atom stereocenters. The van der Waals surface area contributed by atoms with Crippen LogP contribution in [0.15, 0.2) is 29.2 Å². The summed E-state index contributed by atoms with van der Waals surface area (Å²) in [4.78, 5) is 0.331. The van der Waals surface area contributed by atoms with E-state index in [0.717, 1.165) is 30.7 Å². The molecule has 108 valence electrons. The molecule has 0 heterocycles. The van der Waals surface area contributed by atoms with Gasteiger partial charge in [0.15, 0.2) is 0 Å². The van der Waals surface area contributed by atoms with Crippen LogP contribution < -0.4 is 10.0 Å². The number of sulfonamides is 1. The number of hydrogen-bond donors (Lipinski definition) is 2. The molecule has 0 amide bonds. The summed E-state index contributed by atoms with van der Waals surface area (Å²) >= 11 is 1.78. The van der Waals surface area contributed by atoms with Gasteiger partial charge in [-0.25, -0.2) is 13.1 Å². The molecule has 0 atom stereocenters. The molecule has 2 N–H and O–H groups in total. The van der Waals surface area contributed by atoms with Crippen molar-refractivity contribution in [2.24, 2.45) is 0 Å². The topological polar surface area (TPSA) is 58.2 Å². The second-order valence-corrected chi connectivity index (χ2v) is 7.02. The zero-order chi connectivity index (χ0) is 14.1. The Labute approximate surface area is 120 Å². The van der Waals surface area contributed by atoms with E-state index in [4.69, 9.17) is 0 Å². The molecule has 0 radical (unpaired) electrons. The smallest absolute Gasteiger partial charge is 0.240 e. The first kappa shape index (κ1) is 16.5. The third kappa shape index (κ3) is 5.95. The summed E-state index contributed by atoms with van der Waals surface area (Å²) in [6.07, 6.45) is 3.96. The highest BCUT2D eigenvalue weighted by molar-refractivity contribution is 7.98. The van der Waals surface area contributed by atoms with Crippen molar-refractivity contribution in [2.75, 3.05) is 25.6 Å². The molecule has 0 saturated heterocycles. The molecule has 1 aromatic carbocycles. The van der Waals surface area contributed by atoms with Crippen LogP contribution in [0.25, 0.3) is 0 Å². The van der Waals surface area contributed by atoms with Crippen LogP contribution in [0.4, 0.5) is 0 Å². The SMILES string of the molecule is CNCc1ccc(S(=O)(=O)NCCCCSC)cc1. The second-order valence-electron chi connectivity index (χ2n) is 4.27. The predicted molar refractivity (Wildman–Crippen MR) is 82.0 cm³/mol. The van der Waals surface area contributed by atoms with E-state index in [1.54, 1.807) is 23.9 Å². The average molecular weight is 302 g/mol. The predicted octanol–water partition coefficient (Wildman–Crippen LogP) is 1.83. The Morgan fingerprint density at radius 1 is 1.16 bits per heavy atom. The van der Waals surface area contributed by atoms with Crippen molar-refractivity contribution in [3.63, 3.8) is 0 Å². The Hall–Kier alpha value is -0.560. The van der Waals surface area contributed by atoms with E-state index in [-0.39, 0.29) is 0 Å². The van der Waals surface area contributed by atoms with Crippen LogP contribution >= 0.6 is 11.8 Å². The molecule has 0 aliphatic rings. The molecular weight excluding hydrogens is 280 g/mol. The largest absolute Gasteiger partial charge is 0.316 e. The highest BCUT2D eigenvalue weighted by Gasteiger charge is 2.12. The van der Waals surface area contributed by atoms with Gasteiger partial charge in [0.1, 0.15) is 0 Å². The van der Waals surface area contributed by atoms with Crippen molar-refractivity contribution in [3.05, 3.63) is 29.8 Å². The third-order valence-electron chi connectivity index (χ3n) is 2.68. The molecule has 4 nitrogen and oxygen atoms in total. The van der Waals surface area contributed by atoms with Crippen molar-refractivity contribution in [1.29, 1.82) is 0 Å². The molecule has 0 bridgehead atoms. The lowest BCUT2D eigenvalue weighted by molar-refractivity contribution is 0.578. The minimum atomic E-state index is -3.36. The van der Waals surface area contributed by atoms with Crippen LogP contribution in [0.1, 0.15) is 18.4 Å². The molecule has 19 heavy (non-hydrogen) atoms. The standard InChI is InChI=1S/C13H22N2O2S2/c1-14-11-12-5-7-13(8-6-12)19(16,17)15-9-3-4-10-18-2/h5-8,14-15H,3-4,9-11H2,1-2H3. The molecule has 0 aliphatic carbocycles. The summed E-state index contributed by atoms with van der Waals surface area (Å²) < 4.78 is 26.6. The first-order valence-electron chi connectivity index (χ1n) is 6.32. The van der Waals surface area contributed by atoms with Crippen LogP contribution in [0, 0.1) is 0 Å². The number of nitrogens with one attached hydrogen (secondary N) is 2. The van der Waals surface area contributed by atoms with Gasteiger partial charge >= 0.3 is 0 Å². The van der Waals surface area contributed by atoms with Gasteiger partial charge in [0, 0.05) is 13.1 Å². The summed E-state index contributed by atoms with van der Waals surface area (Å²) in [5.41, 5.74) is 1.07. The maximum Gasteiger partial charge on any atom is 0.240 e. The van der Waals surface area contributed by atoms with Gasteiger partial charge in [-0.05, 0) is 49.6 Å². The number of benzene rings is 1. The van der Waals surface area contributed by atoms with E-state index < -0.39 is 10.0 Å². The van der Waals surface area contributed by atoms with Crippen LogP contribution in [0.2, 0.25) is 0 Å². The monoisotopic (exact) mass is 302 g/mol. The van der Waals surface area contributed by atoms with Crippen LogP contribution in [0.5, 0.6) is 0 Å². The molecule has 0 fully saturated rings. The minimum Gasteiger partial charge on any atom is -0.316 e. The summed E-state index contributed by atoms with van der Waals surface area (Å²) in [5.74, 6) is 1.07. The van der Waals surface area contributed by atoms with Crippen molar-refractivity contribution in [2.45, 2.75) is 24.3 Å². The van der Waals surface area contributed by atoms with Gasteiger partial charge in [-0.1, -0.05) is 12.1 Å². The lowest BCUT2D eigenvalue weighted by Gasteiger charge is -2.07. The van der Waals surface area contributed by atoms with Gasteiger partial charge in [-0.15, -0.1) is 0 Å². The fourth-order valence-corrected chi connectivity index (χ4v) is 3.22. The quantitative estimate of drug-likeness (QED) is 0.683. The zero-order valence-corrected chi connectivity index (χ0v) is 13.1. The van der Waals surface area contributed by atoms with Gasteiger partial charge in [0.2, 0.25) is 10.0 Å². The van der Waals surface area contributed by atoms with Crippen LogP contribution in [0.3, 0.4) is 0 Å². The van der Waals surface area contributed by atoms with Gasteiger partial charge in [0.25, 0.3) is 0 Å². The van der Waals surface area contributed by atoms with E-state index in [2.05, 4.69) is 16.3 Å². The number of hydrogen-bond acceptors (Lipinski definition) is 4. The molecule has 0 spiro atoms. The molecular formula is C13H22N2O2S2. The molecule has 0 saturated carbocycles. The maximum atomic E-state index is 12.0. The summed E-state index contributed by atoms with van der Waals surface area (Å²) in [6.45, 7) is 1.24. The second kappa shape index (κ2) is 8.58. The van der Waals surface area contributed by atoms with E-state index in [1.165, 1.54) is 0 Å². The Bertz CT molecular complexity index is 458. The number of unbranched alkanes of at least 4 members (excludes halogenated alkanes) is 1. The van der Waals surface area contributed by atoms with Crippen LogP contribution in [-0.2, 0) is 16.6 Å². The van der Waals surface area contributed by atoms with E-state index in [9.17, 15) is 8.42 Å². The Balaban J connectivity index is 2.52. The first-order valence-corrected chi connectivity index (χ1v) is 9.20. The molecule has 6 heteroatoms. The lowest BCUT2D eigenvalue weighted by Crippen LogP contribution is -2.24. The molecule has 0 aliphatic heterocycles. The van der Waals surface area contributed by atoms with E-state index in [1.807, 2.05) is 19.2 Å². The van der Waals surface area contributed by atoms with Crippen LogP contribution in [-0.4, -0.2) is 34.0 Å². The maximum absolute atomic E-state index is 12.0. The minimum absolute atomic E-state index is 0.331. The average Bonchev–Trinajstić information content (AvgIpc) is 2.39. The fourth-order valence-electron chi connectivity index (χ4n) is 1.65. The highest BCUT2D eigenvalue weighted by Crippen LogP contribution is 2.10. The Morgan fingerprint density at radius 2 is 1.84 bits per heavy atom. The van der Waals surface area contributed by atoms with E-state index >= 15 is 0 Å². The van der Waals surface area contributed by atoms with Crippen molar-refractivity contribution >= 4 is 21.8 Å². The lowest BCUT2D eigenvalue weighted by atomic mass is 10.2. The normalized spacial score (nSPS) is 11.7. The van der Waals surface area contributed by atoms with Gasteiger partial charge in [0.05, 0.1) is 4.90 Å². The summed E-state index contributed by atoms with van der Waals surface area (Å²) in [5, 5.41) is 3.03. The molecule has 0 aromatic heterocycles. The summed E-state index contributed by atoms with van der Waals surface area (Å²) in [7, 11) is -1.49. The number of rotatable bonds is 9. The zero-order valence-electron chi connectivity index (χ0n) is 11.5. The van der Waals surface area contributed by atoms with Crippen molar-refractivity contribution < 1.29 is 8.42 Å². The highest BCUT2D eigenvalue weighted by atomic mass is 32.2. The first-order chi connectivity index (χ1) is 9.10. The molecule has 1 rings (SSSR count). The molecule has 1 aromatic rings.